The van der Waals surface area contributed by atoms with Gasteiger partial charge in [0.25, 0.3) is 0 Å². The summed E-state index contributed by atoms with van der Waals surface area (Å²) >= 11 is 6.25. The zero-order valence-electron chi connectivity index (χ0n) is 10.2. The second-order valence-corrected chi connectivity index (χ2v) is 4.77. The molecular formula is C13H19ClN2O. The monoisotopic (exact) mass is 254 g/mol. The van der Waals surface area contributed by atoms with Gasteiger partial charge in [-0.2, -0.15) is 0 Å². The van der Waals surface area contributed by atoms with Crippen LogP contribution in [0.1, 0.15) is 12.5 Å². The van der Waals surface area contributed by atoms with Gasteiger partial charge in [-0.15, -0.1) is 0 Å². The van der Waals surface area contributed by atoms with Crippen LogP contribution in [-0.2, 0) is 6.61 Å². The van der Waals surface area contributed by atoms with Gasteiger partial charge in [0.2, 0.25) is 0 Å². The largest absolute Gasteiger partial charge is 0.392 e. The molecule has 2 rings (SSSR count). The maximum absolute atomic E-state index is 9.05. The van der Waals surface area contributed by atoms with Gasteiger partial charge in [-0.25, -0.2) is 0 Å². The summed E-state index contributed by atoms with van der Waals surface area (Å²) in [6, 6.07) is 5.80. The van der Waals surface area contributed by atoms with E-state index in [2.05, 4.69) is 16.7 Å². The maximum Gasteiger partial charge on any atom is 0.0682 e. The number of likely N-dealkylation sites (N-methyl/N-ethyl adjacent to an activating group) is 1. The first-order valence-electron chi connectivity index (χ1n) is 6.11. The Balaban J connectivity index is 2.08. The summed E-state index contributed by atoms with van der Waals surface area (Å²) < 4.78 is 0. The van der Waals surface area contributed by atoms with Crippen molar-refractivity contribution in [2.24, 2.45) is 0 Å². The minimum atomic E-state index is 0.0453. The fraction of sp³-hybridized carbons (Fsp3) is 0.538. The zero-order chi connectivity index (χ0) is 12.3. The standard InChI is InChI=1S/C13H19ClN2O/c1-2-15-5-7-16(8-6-15)13-4-3-11(10-17)9-12(13)14/h3-4,9,17H,2,5-8,10H2,1H3. The van der Waals surface area contributed by atoms with Crippen LogP contribution in [0.25, 0.3) is 0 Å². The molecule has 0 atom stereocenters. The van der Waals surface area contributed by atoms with Crippen LogP contribution in [0.4, 0.5) is 5.69 Å². The number of anilines is 1. The molecule has 0 bridgehead atoms. The molecule has 4 heteroatoms. The lowest BCUT2D eigenvalue weighted by Gasteiger charge is -2.36. The molecule has 0 aliphatic carbocycles. The number of piperazine rings is 1. The van der Waals surface area contributed by atoms with Gasteiger partial charge in [0.05, 0.1) is 17.3 Å². The smallest absolute Gasteiger partial charge is 0.0682 e. The second-order valence-electron chi connectivity index (χ2n) is 4.37. The molecule has 1 aliphatic rings. The molecule has 0 spiro atoms. The Kier molecular flexibility index (Phi) is 4.26. The van der Waals surface area contributed by atoms with Crippen LogP contribution in [0.5, 0.6) is 0 Å². The van der Waals surface area contributed by atoms with Crippen LogP contribution in [0, 0.1) is 0 Å². The van der Waals surface area contributed by atoms with Gasteiger partial charge in [0.1, 0.15) is 0 Å². The predicted molar refractivity (Wildman–Crippen MR) is 71.7 cm³/mol. The number of benzene rings is 1. The molecule has 17 heavy (non-hydrogen) atoms. The third kappa shape index (κ3) is 2.92. The lowest BCUT2D eigenvalue weighted by molar-refractivity contribution is 0.271. The van der Waals surface area contributed by atoms with Crippen molar-refractivity contribution in [3.8, 4) is 0 Å². The first-order chi connectivity index (χ1) is 8.24. The van der Waals surface area contributed by atoms with E-state index in [0.29, 0.717) is 0 Å². The zero-order valence-corrected chi connectivity index (χ0v) is 11.0. The summed E-state index contributed by atoms with van der Waals surface area (Å²) in [7, 11) is 0. The molecule has 1 fully saturated rings. The topological polar surface area (TPSA) is 26.7 Å². The van der Waals surface area contributed by atoms with E-state index < -0.39 is 0 Å². The minimum absolute atomic E-state index is 0.0453. The van der Waals surface area contributed by atoms with Crippen LogP contribution >= 0.6 is 11.6 Å². The number of hydrogen-bond acceptors (Lipinski definition) is 3. The van der Waals surface area contributed by atoms with Crippen LogP contribution in [0.15, 0.2) is 18.2 Å². The minimum Gasteiger partial charge on any atom is -0.392 e. The average molecular weight is 255 g/mol. The number of aliphatic hydroxyl groups is 1. The van der Waals surface area contributed by atoms with Crippen molar-refractivity contribution in [3.05, 3.63) is 28.8 Å². The van der Waals surface area contributed by atoms with Crippen LogP contribution in [-0.4, -0.2) is 42.7 Å². The number of aliphatic hydroxyl groups excluding tert-OH is 1. The van der Waals surface area contributed by atoms with E-state index in [1.807, 2.05) is 18.2 Å². The van der Waals surface area contributed by atoms with Crippen molar-refractivity contribution in [1.82, 2.24) is 4.90 Å². The molecule has 0 radical (unpaired) electrons. The van der Waals surface area contributed by atoms with Gasteiger partial charge >= 0.3 is 0 Å². The summed E-state index contributed by atoms with van der Waals surface area (Å²) in [6.07, 6.45) is 0. The summed E-state index contributed by atoms with van der Waals surface area (Å²) in [5.41, 5.74) is 1.95. The molecular weight excluding hydrogens is 236 g/mol. The maximum atomic E-state index is 9.05. The van der Waals surface area contributed by atoms with Gasteiger partial charge in [-0.1, -0.05) is 24.6 Å². The number of halogens is 1. The molecule has 0 saturated carbocycles. The van der Waals surface area contributed by atoms with Crippen molar-refractivity contribution < 1.29 is 5.11 Å². The Bertz CT molecular complexity index is 376. The van der Waals surface area contributed by atoms with Crippen molar-refractivity contribution in [3.63, 3.8) is 0 Å². The molecule has 1 heterocycles. The molecule has 0 aromatic heterocycles. The second kappa shape index (κ2) is 5.71. The van der Waals surface area contributed by atoms with Gasteiger partial charge in [0.15, 0.2) is 0 Å². The SMILES string of the molecule is CCN1CCN(c2ccc(CO)cc2Cl)CC1. The van der Waals surface area contributed by atoms with E-state index in [1.165, 1.54) is 0 Å². The van der Waals surface area contributed by atoms with Gasteiger partial charge in [-0.05, 0) is 24.2 Å². The van der Waals surface area contributed by atoms with Crippen molar-refractivity contribution in [1.29, 1.82) is 0 Å². The Morgan fingerprint density at radius 2 is 1.94 bits per heavy atom. The number of rotatable bonds is 3. The van der Waals surface area contributed by atoms with E-state index in [-0.39, 0.29) is 6.61 Å². The average Bonchev–Trinajstić information content (AvgIpc) is 2.39. The molecule has 1 N–H and O–H groups in total. The molecule has 3 nitrogen and oxygen atoms in total. The fourth-order valence-corrected chi connectivity index (χ4v) is 2.53. The predicted octanol–water partition coefficient (Wildman–Crippen LogP) is 1.97. The van der Waals surface area contributed by atoms with E-state index in [4.69, 9.17) is 16.7 Å². The third-order valence-corrected chi connectivity index (χ3v) is 3.66. The molecule has 0 amide bonds. The summed E-state index contributed by atoms with van der Waals surface area (Å²) in [4.78, 5) is 4.75. The first-order valence-corrected chi connectivity index (χ1v) is 6.49. The fourth-order valence-electron chi connectivity index (χ4n) is 2.21. The van der Waals surface area contributed by atoms with Crippen LogP contribution in [0.2, 0.25) is 5.02 Å². The van der Waals surface area contributed by atoms with Gasteiger partial charge < -0.3 is 14.9 Å². The highest BCUT2D eigenvalue weighted by atomic mass is 35.5. The van der Waals surface area contributed by atoms with Crippen LogP contribution in [0.3, 0.4) is 0 Å². The molecule has 94 valence electrons. The van der Waals surface area contributed by atoms with Crippen molar-refractivity contribution in [2.75, 3.05) is 37.6 Å². The third-order valence-electron chi connectivity index (χ3n) is 3.35. The molecule has 1 aromatic rings. The number of nitrogens with zero attached hydrogens (tertiary/aromatic N) is 2. The van der Waals surface area contributed by atoms with E-state index in [0.717, 1.165) is 49.0 Å². The van der Waals surface area contributed by atoms with Gasteiger partial charge in [0, 0.05) is 26.2 Å². The van der Waals surface area contributed by atoms with Crippen LogP contribution < -0.4 is 4.90 Å². The highest BCUT2D eigenvalue weighted by molar-refractivity contribution is 6.33. The van der Waals surface area contributed by atoms with E-state index in [9.17, 15) is 0 Å². The first kappa shape index (κ1) is 12.7. The molecule has 0 unspecified atom stereocenters. The highest BCUT2D eigenvalue weighted by Gasteiger charge is 2.17. The molecule has 1 aromatic carbocycles. The molecule has 1 saturated heterocycles. The lowest BCUT2D eigenvalue weighted by atomic mass is 10.2. The lowest BCUT2D eigenvalue weighted by Crippen LogP contribution is -2.46. The molecule has 1 aliphatic heterocycles. The Hall–Kier alpha value is -0.770. The Labute approximate surface area is 108 Å². The number of hydrogen-bond donors (Lipinski definition) is 1. The van der Waals surface area contributed by atoms with Gasteiger partial charge in [-0.3, -0.25) is 0 Å². The highest BCUT2D eigenvalue weighted by Crippen LogP contribution is 2.27. The van der Waals surface area contributed by atoms with Crippen molar-refractivity contribution >= 4 is 17.3 Å². The van der Waals surface area contributed by atoms with E-state index >= 15 is 0 Å². The summed E-state index contributed by atoms with van der Waals surface area (Å²) in [6.45, 7) is 7.58. The van der Waals surface area contributed by atoms with E-state index in [1.54, 1.807) is 0 Å². The Morgan fingerprint density at radius 3 is 2.47 bits per heavy atom. The van der Waals surface area contributed by atoms with Crippen molar-refractivity contribution in [2.45, 2.75) is 13.5 Å². The Morgan fingerprint density at radius 1 is 1.24 bits per heavy atom. The normalized spacial score (nSPS) is 17.5. The summed E-state index contributed by atoms with van der Waals surface area (Å²) in [5, 5.41) is 9.79. The quantitative estimate of drug-likeness (QED) is 0.894. The summed E-state index contributed by atoms with van der Waals surface area (Å²) in [5.74, 6) is 0.